The monoisotopic (exact) mass is 928 g/mol. The van der Waals surface area contributed by atoms with E-state index in [-0.39, 0.29) is 35.3 Å². The number of nitrogens with zero attached hydrogens (tertiary/aromatic N) is 2. The molecule has 2 aliphatic heterocycles. The van der Waals surface area contributed by atoms with Crippen LogP contribution in [0.4, 0.5) is 0 Å². The Labute approximate surface area is 386 Å². The highest BCUT2D eigenvalue weighted by Crippen LogP contribution is 2.49. The van der Waals surface area contributed by atoms with Gasteiger partial charge >= 0.3 is 0 Å². The number of aromatic amines is 2. The minimum atomic E-state index is -1.33. The van der Waals surface area contributed by atoms with E-state index in [0.717, 1.165) is 21.8 Å². The number of aromatic hydroxyl groups is 1. The average Bonchev–Trinajstić information content (AvgIpc) is 4.23. The summed E-state index contributed by atoms with van der Waals surface area (Å²) in [6, 6.07) is 23.7. The van der Waals surface area contributed by atoms with Gasteiger partial charge in [0.05, 0.1) is 75.7 Å². The standard InChI is InChI=1S/C26H21N3O6.C25H19N3O6/c1-35-10-6-7-14-12(8-10)18-20-19(25(33)28-26(20)34)17-11-4-2-3-5-13(11)27-21(17)22(18)29(14)15-9-16(30)24(32)23(15)31;29-9-5-6-13-11(7-9)17-19-18(24(33)27-25(19)34)16-10-3-1-2-4-12(10)26-20(16)21(17)28(13)14-8-15(30)23(32)22(14)31/h2-8,15-16,23-24,27,30-32H,9H2,1H3,(H,28,33,34);1-7,14-15,22-23,26,29-32H,8H2,(H,27,33,34)/t15?,16-,23-,24+;14?,15-,22-,23+/m00/s1. The number of hydrogen-bond acceptors (Lipinski definition) is 12. The quantitative estimate of drug-likeness (QED) is 0.110. The number of imide groups is 2. The Morgan fingerprint density at radius 3 is 1.36 bits per heavy atom. The number of methoxy groups -OCH3 is 1. The first-order chi connectivity index (χ1) is 33.3. The van der Waals surface area contributed by atoms with E-state index in [9.17, 15) is 54.9 Å². The molecule has 0 spiro atoms. The third kappa shape index (κ3) is 5.40. The maximum absolute atomic E-state index is 13.2. The van der Waals surface area contributed by atoms with Crippen molar-refractivity contribution in [2.45, 2.75) is 61.5 Å². The number of aliphatic hydroxyl groups is 6. The van der Waals surface area contributed by atoms with Crippen LogP contribution in [0.2, 0.25) is 0 Å². The summed E-state index contributed by atoms with van der Waals surface area (Å²) in [6.45, 7) is 0. The van der Waals surface area contributed by atoms with Crippen LogP contribution < -0.4 is 15.4 Å². The van der Waals surface area contributed by atoms with E-state index in [1.165, 1.54) is 12.1 Å². The molecule has 4 amide bonds. The lowest BCUT2D eigenvalue weighted by Gasteiger charge is -2.21. The zero-order valence-electron chi connectivity index (χ0n) is 36.2. The van der Waals surface area contributed by atoms with E-state index >= 15 is 0 Å². The number of phenolic OH excluding ortho intramolecular Hbond substituents is 1. The van der Waals surface area contributed by atoms with Gasteiger partial charge in [-0.2, -0.15) is 0 Å². The molecule has 69 heavy (non-hydrogen) atoms. The summed E-state index contributed by atoms with van der Waals surface area (Å²) in [6.07, 6.45) is -7.13. The van der Waals surface area contributed by atoms with Crippen molar-refractivity contribution in [1.82, 2.24) is 29.7 Å². The van der Waals surface area contributed by atoms with Crippen LogP contribution in [0.1, 0.15) is 66.4 Å². The number of para-hydroxylation sites is 2. The number of benzene rings is 6. The topological polar surface area (TPSA) is 285 Å². The highest BCUT2D eigenvalue weighted by atomic mass is 16.5. The van der Waals surface area contributed by atoms with Crippen LogP contribution in [0.15, 0.2) is 84.9 Å². The summed E-state index contributed by atoms with van der Waals surface area (Å²) in [7, 11) is 1.55. The van der Waals surface area contributed by atoms with E-state index in [1.54, 1.807) is 25.3 Å². The van der Waals surface area contributed by atoms with Crippen molar-refractivity contribution in [3.8, 4) is 11.5 Å². The Kier molecular flexibility index (Phi) is 8.60. The van der Waals surface area contributed by atoms with Crippen LogP contribution in [-0.4, -0.2) is 122 Å². The van der Waals surface area contributed by atoms with E-state index in [1.807, 2.05) is 63.7 Å². The summed E-state index contributed by atoms with van der Waals surface area (Å²) in [5.41, 5.74) is 6.31. The molecule has 4 aromatic heterocycles. The summed E-state index contributed by atoms with van der Waals surface area (Å²) in [4.78, 5) is 59.1. The maximum Gasteiger partial charge on any atom is 0.259 e. The van der Waals surface area contributed by atoms with E-state index in [2.05, 4.69) is 20.6 Å². The summed E-state index contributed by atoms with van der Waals surface area (Å²) >= 11 is 0. The number of carbonyl (C=O) groups excluding carboxylic acids is 4. The molecule has 6 aromatic carbocycles. The number of rotatable bonds is 3. The van der Waals surface area contributed by atoms with E-state index in [4.69, 9.17) is 4.74 Å². The highest BCUT2D eigenvalue weighted by Gasteiger charge is 2.46. The Morgan fingerprint density at radius 1 is 0.507 bits per heavy atom. The van der Waals surface area contributed by atoms with Gasteiger partial charge in [-0.1, -0.05) is 36.4 Å². The molecule has 0 bridgehead atoms. The first-order valence-electron chi connectivity index (χ1n) is 22.4. The fourth-order valence-electron chi connectivity index (χ4n) is 11.9. The molecule has 2 saturated carbocycles. The molecule has 346 valence electrons. The molecule has 11 N–H and O–H groups in total. The molecule has 18 heteroatoms. The minimum absolute atomic E-state index is 0.0196. The Bertz CT molecular complexity index is 3990. The van der Waals surface area contributed by atoms with Crippen molar-refractivity contribution >= 4 is 111 Å². The Balaban J connectivity index is 0.000000136. The lowest BCUT2D eigenvalue weighted by Crippen LogP contribution is -2.31. The van der Waals surface area contributed by atoms with Gasteiger partial charge in [-0.05, 0) is 61.4 Å². The second-order valence-corrected chi connectivity index (χ2v) is 18.4. The number of phenols is 1. The first-order valence-corrected chi connectivity index (χ1v) is 22.4. The number of H-pyrrole nitrogens is 2. The predicted octanol–water partition coefficient (Wildman–Crippen LogP) is 4.39. The lowest BCUT2D eigenvalue weighted by molar-refractivity contribution is -0.0242. The molecule has 0 saturated heterocycles. The average molecular weight is 929 g/mol. The molecular formula is C51H40N6O12. The molecule has 2 unspecified atom stereocenters. The molecular weight excluding hydrogens is 889 g/mol. The fraction of sp³-hybridized carbons (Fsp3) is 0.216. The van der Waals surface area contributed by atoms with Gasteiger partial charge in [0.15, 0.2) is 0 Å². The van der Waals surface area contributed by atoms with Gasteiger partial charge in [-0.3, -0.25) is 29.8 Å². The summed E-state index contributed by atoms with van der Waals surface area (Å²) in [5, 5.41) is 83.3. The number of ether oxygens (including phenoxy) is 1. The predicted molar refractivity (Wildman–Crippen MR) is 253 cm³/mol. The van der Waals surface area contributed by atoms with Crippen LogP contribution in [0, 0.1) is 0 Å². The number of hydrogen-bond donors (Lipinski definition) is 11. The van der Waals surface area contributed by atoms with Crippen molar-refractivity contribution in [3.05, 3.63) is 107 Å². The summed E-state index contributed by atoms with van der Waals surface area (Å²) in [5.74, 6) is -1.43. The molecule has 0 radical (unpaired) electrons. The van der Waals surface area contributed by atoms with Gasteiger partial charge in [-0.15, -0.1) is 0 Å². The van der Waals surface area contributed by atoms with Crippen molar-refractivity contribution in [3.63, 3.8) is 0 Å². The van der Waals surface area contributed by atoms with Crippen molar-refractivity contribution in [2.24, 2.45) is 0 Å². The second-order valence-electron chi connectivity index (χ2n) is 18.4. The zero-order chi connectivity index (χ0) is 47.6. The number of amides is 4. The van der Waals surface area contributed by atoms with Gasteiger partial charge < -0.3 is 59.6 Å². The molecule has 2 aliphatic carbocycles. The molecule has 18 nitrogen and oxygen atoms in total. The number of aromatic nitrogens is 4. The van der Waals surface area contributed by atoms with Gasteiger partial charge in [0.25, 0.3) is 23.6 Å². The van der Waals surface area contributed by atoms with E-state index in [0.29, 0.717) is 76.7 Å². The normalized spacial score (nSPS) is 24.4. The van der Waals surface area contributed by atoms with Gasteiger partial charge in [0.2, 0.25) is 0 Å². The SMILES string of the molecule is COc1ccc2c(c1)c1c3c(c4c5ccccc5[nH]c4c1n2C1C[C@H](O)[C@@H](O)[C@H]1O)C(=O)NC3=O.O=C1NC(=O)c2c1c1c3ccccc3[nH]c1c1c2c2cc(O)ccc2n1C1C[C@H](O)[C@@H](O)[C@H]1O. The van der Waals surface area contributed by atoms with Crippen LogP contribution in [0.5, 0.6) is 11.5 Å². The number of nitrogens with one attached hydrogen (secondary N) is 4. The van der Waals surface area contributed by atoms with E-state index < -0.39 is 72.3 Å². The van der Waals surface area contributed by atoms with Gasteiger partial charge in [-0.25, -0.2) is 0 Å². The molecule has 6 heterocycles. The lowest BCUT2D eigenvalue weighted by atomic mass is 9.96. The molecule has 4 aliphatic rings. The largest absolute Gasteiger partial charge is 0.508 e. The highest BCUT2D eigenvalue weighted by molar-refractivity contribution is 6.41. The number of fused-ring (bicyclic) bond motifs is 20. The van der Waals surface area contributed by atoms with Gasteiger partial charge in [0, 0.05) is 65.2 Å². The maximum atomic E-state index is 13.2. The fourth-order valence-corrected chi connectivity index (χ4v) is 11.9. The number of carbonyl (C=O) groups is 4. The molecule has 14 rings (SSSR count). The van der Waals surface area contributed by atoms with Crippen LogP contribution in [0.25, 0.3) is 87.2 Å². The van der Waals surface area contributed by atoms with Crippen LogP contribution in [0.3, 0.4) is 0 Å². The van der Waals surface area contributed by atoms with Gasteiger partial charge in [0.1, 0.15) is 35.9 Å². The van der Waals surface area contributed by atoms with Crippen LogP contribution >= 0.6 is 0 Å². The smallest absolute Gasteiger partial charge is 0.259 e. The number of aliphatic hydroxyl groups excluding tert-OH is 6. The molecule has 2 fully saturated rings. The Morgan fingerprint density at radius 2 is 0.928 bits per heavy atom. The molecule has 8 atom stereocenters. The van der Waals surface area contributed by atoms with Crippen molar-refractivity contribution in [1.29, 1.82) is 0 Å². The van der Waals surface area contributed by atoms with Crippen molar-refractivity contribution in [2.75, 3.05) is 7.11 Å². The minimum Gasteiger partial charge on any atom is -0.508 e. The first kappa shape index (κ1) is 41.4. The molecule has 10 aromatic rings. The second kappa shape index (κ2) is 14.3. The zero-order valence-corrected chi connectivity index (χ0v) is 36.2. The van der Waals surface area contributed by atoms with Crippen molar-refractivity contribution < 1.29 is 59.7 Å². The third-order valence-electron chi connectivity index (χ3n) is 14.9. The summed E-state index contributed by atoms with van der Waals surface area (Å²) < 4.78 is 9.14. The Hall–Kier alpha value is -7.84. The third-order valence-corrected chi connectivity index (χ3v) is 14.9. The van der Waals surface area contributed by atoms with Crippen LogP contribution in [-0.2, 0) is 0 Å².